The molecule has 1 heterocycles. The molecule has 0 amide bonds. The highest BCUT2D eigenvalue weighted by Crippen LogP contribution is 2.17. The number of rotatable bonds is 5. The minimum absolute atomic E-state index is 0.175. The van der Waals surface area contributed by atoms with Crippen molar-refractivity contribution >= 4 is 0 Å². The highest BCUT2D eigenvalue weighted by atomic mass is 16.3. The van der Waals surface area contributed by atoms with E-state index in [0.29, 0.717) is 18.8 Å². The van der Waals surface area contributed by atoms with Crippen molar-refractivity contribution in [3.8, 4) is 5.75 Å². The van der Waals surface area contributed by atoms with Crippen LogP contribution in [0.2, 0.25) is 0 Å². The molecular formula is C16H20N2O2. The van der Waals surface area contributed by atoms with Crippen LogP contribution in [0, 0.1) is 13.8 Å². The first kappa shape index (κ1) is 14.5. The first-order valence-corrected chi connectivity index (χ1v) is 6.67. The lowest BCUT2D eigenvalue weighted by molar-refractivity contribution is 0.173. The highest BCUT2D eigenvalue weighted by molar-refractivity contribution is 5.29. The van der Waals surface area contributed by atoms with E-state index in [2.05, 4.69) is 10.3 Å². The molecule has 4 heteroatoms. The van der Waals surface area contributed by atoms with Gasteiger partial charge in [-0.15, -0.1) is 0 Å². The number of pyridine rings is 1. The van der Waals surface area contributed by atoms with Gasteiger partial charge in [-0.25, -0.2) is 0 Å². The lowest BCUT2D eigenvalue weighted by Gasteiger charge is -2.14. The highest BCUT2D eigenvalue weighted by Gasteiger charge is 2.10. The Labute approximate surface area is 119 Å². The first-order valence-electron chi connectivity index (χ1n) is 6.67. The van der Waals surface area contributed by atoms with E-state index in [0.717, 1.165) is 16.8 Å². The fourth-order valence-corrected chi connectivity index (χ4v) is 2.13. The van der Waals surface area contributed by atoms with Crippen LogP contribution in [-0.4, -0.2) is 21.7 Å². The van der Waals surface area contributed by atoms with E-state index in [1.54, 1.807) is 12.1 Å². The van der Waals surface area contributed by atoms with Crippen molar-refractivity contribution in [1.82, 2.24) is 10.3 Å². The maximum Gasteiger partial charge on any atom is 0.138 e. The summed E-state index contributed by atoms with van der Waals surface area (Å²) in [6, 6.07) is 11.2. The smallest absolute Gasteiger partial charge is 0.138 e. The number of nitrogens with zero attached hydrogens (tertiary/aromatic N) is 1. The lowest BCUT2D eigenvalue weighted by atomic mass is 10.0. The molecule has 0 aliphatic carbocycles. The predicted octanol–water partition coefficient (Wildman–Crippen LogP) is 2.23. The number of hydrogen-bond acceptors (Lipinski definition) is 4. The molecule has 0 saturated carbocycles. The Morgan fingerprint density at radius 2 is 1.90 bits per heavy atom. The monoisotopic (exact) mass is 272 g/mol. The van der Waals surface area contributed by atoms with Crippen molar-refractivity contribution in [2.45, 2.75) is 26.5 Å². The molecule has 0 spiro atoms. The molecule has 2 aromatic rings. The van der Waals surface area contributed by atoms with Gasteiger partial charge in [-0.2, -0.15) is 0 Å². The molecule has 0 aliphatic heterocycles. The van der Waals surface area contributed by atoms with Gasteiger partial charge in [-0.3, -0.25) is 4.98 Å². The maximum absolute atomic E-state index is 10.2. The van der Waals surface area contributed by atoms with Gasteiger partial charge >= 0.3 is 0 Å². The van der Waals surface area contributed by atoms with Gasteiger partial charge in [0.2, 0.25) is 0 Å². The number of benzene rings is 1. The molecule has 0 aliphatic rings. The number of aliphatic hydroxyl groups excluding tert-OH is 1. The summed E-state index contributed by atoms with van der Waals surface area (Å²) in [6.07, 6.45) is -0.567. The number of aromatic nitrogens is 1. The molecule has 1 unspecified atom stereocenters. The van der Waals surface area contributed by atoms with Crippen LogP contribution in [0.15, 0.2) is 36.4 Å². The van der Waals surface area contributed by atoms with E-state index in [9.17, 15) is 10.2 Å². The average Bonchev–Trinajstić information content (AvgIpc) is 2.43. The molecule has 0 bridgehead atoms. The summed E-state index contributed by atoms with van der Waals surface area (Å²) in [6.45, 7) is 4.70. The van der Waals surface area contributed by atoms with Gasteiger partial charge in [0.25, 0.3) is 0 Å². The van der Waals surface area contributed by atoms with Gasteiger partial charge in [-0.1, -0.05) is 24.3 Å². The van der Waals surface area contributed by atoms with Crippen LogP contribution in [0.25, 0.3) is 0 Å². The fraction of sp³-hybridized carbons (Fsp3) is 0.312. The van der Waals surface area contributed by atoms with Crippen LogP contribution in [-0.2, 0) is 6.54 Å². The molecular weight excluding hydrogens is 252 g/mol. The minimum atomic E-state index is -0.567. The van der Waals surface area contributed by atoms with Crippen LogP contribution in [0.1, 0.15) is 28.6 Å². The average molecular weight is 272 g/mol. The quantitative estimate of drug-likeness (QED) is 0.781. The number of aromatic hydroxyl groups is 1. The Bertz CT molecular complexity index is 584. The van der Waals surface area contributed by atoms with E-state index in [4.69, 9.17) is 0 Å². The maximum atomic E-state index is 10.2. The summed E-state index contributed by atoms with van der Waals surface area (Å²) in [5.41, 5.74) is 3.45. The standard InChI is InChI=1S/C16H20N2O2/c1-11-5-3-4-6-13(11)16(20)10-17-9-14-15(19)8-7-12(2)18-14/h3-8,16-17,19-20H,9-10H2,1-2H3. The SMILES string of the molecule is Cc1ccc(O)c(CNCC(O)c2ccccc2C)n1. The van der Waals surface area contributed by atoms with Gasteiger partial charge < -0.3 is 15.5 Å². The van der Waals surface area contributed by atoms with E-state index in [1.165, 1.54) is 0 Å². The number of hydrogen-bond donors (Lipinski definition) is 3. The number of aryl methyl sites for hydroxylation is 2. The third kappa shape index (κ3) is 3.56. The zero-order valence-electron chi connectivity index (χ0n) is 11.8. The topological polar surface area (TPSA) is 65.4 Å². The second-order valence-electron chi connectivity index (χ2n) is 4.92. The molecule has 0 fully saturated rings. The van der Waals surface area contributed by atoms with Gasteiger partial charge in [0.05, 0.1) is 11.8 Å². The Balaban J connectivity index is 1.93. The normalized spacial score (nSPS) is 12.3. The summed E-state index contributed by atoms with van der Waals surface area (Å²) < 4.78 is 0. The third-order valence-electron chi connectivity index (χ3n) is 3.27. The number of aliphatic hydroxyl groups is 1. The van der Waals surface area contributed by atoms with Crippen LogP contribution in [0.4, 0.5) is 0 Å². The molecule has 20 heavy (non-hydrogen) atoms. The van der Waals surface area contributed by atoms with Crippen LogP contribution in [0.5, 0.6) is 5.75 Å². The summed E-state index contributed by atoms with van der Waals surface area (Å²) in [4.78, 5) is 4.27. The fourth-order valence-electron chi connectivity index (χ4n) is 2.13. The third-order valence-corrected chi connectivity index (χ3v) is 3.27. The van der Waals surface area contributed by atoms with Gasteiger partial charge in [0, 0.05) is 18.8 Å². The zero-order chi connectivity index (χ0) is 14.5. The van der Waals surface area contributed by atoms with E-state index in [1.807, 2.05) is 38.1 Å². The molecule has 3 N–H and O–H groups in total. The lowest BCUT2D eigenvalue weighted by Crippen LogP contribution is -2.22. The Hall–Kier alpha value is -1.91. The Morgan fingerprint density at radius 1 is 1.15 bits per heavy atom. The largest absolute Gasteiger partial charge is 0.506 e. The van der Waals surface area contributed by atoms with Crippen molar-refractivity contribution in [2.24, 2.45) is 0 Å². The second-order valence-corrected chi connectivity index (χ2v) is 4.92. The summed E-state index contributed by atoms with van der Waals surface area (Å²) >= 11 is 0. The predicted molar refractivity (Wildman–Crippen MR) is 78.5 cm³/mol. The van der Waals surface area contributed by atoms with Crippen molar-refractivity contribution < 1.29 is 10.2 Å². The molecule has 1 atom stereocenters. The van der Waals surface area contributed by atoms with Crippen LogP contribution >= 0.6 is 0 Å². The van der Waals surface area contributed by atoms with Crippen molar-refractivity contribution in [1.29, 1.82) is 0 Å². The van der Waals surface area contributed by atoms with Gasteiger partial charge in [-0.05, 0) is 37.1 Å². The summed E-state index contributed by atoms with van der Waals surface area (Å²) in [5, 5.41) is 23.0. The first-order chi connectivity index (χ1) is 9.58. The zero-order valence-corrected chi connectivity index (χ0v) is 11.8. The summed E-state index contributed by atoms with van der Waals surface area (Å²) in [7, 11) is 0. The molecule has 0 saturated heterocycles. The van der Waals surface area contributed by atoms with Crippen molar-refractivity contribution in [3.05, 3.63) is 58.9 Å². The summed E-state index contributed by atoms with van der Waals surface area (Å²) in [5.74, 6) is 0.175. The molecule has 2 rings (SSSR count). The van der Waals surface area contributed by atoms with Gasteiger partial charge in [0.15, 0.2) is 0 Å². The van der Waals surface area contributed by atoms with Crippen LogP contribution < -0.4 is 5.32 Å². The Morgan fingerprint density at radius 3 is 2.65 bits per heavy atom. The molecule has 1 aromatic carbocycles. The molecule has 4 nitrogen and oxygen atoms in total. The van der Waals surface area contributed by atoms with Crippen molar-refractivity contribution in [3.63, 3.8) is 0 Å². The van der Waals surface area contributed by atoms with Gasteiger partial charge in [0.1, 0.15) is 5.75 Å². The van der Waals surface area contributed by atoms with E-state index >= 15 is 0 Å². The molecule has 1 aromatic heterocycles. The molecule has 106 valence electrons. The molecule has 0 radical (unpaired) electrons. The Kier molecular flexibility index (Phi) is 4.71. The number of nitrogens with one attached hydrogen (secondary N) is 1. The van der Waals surface area contributed by atoms with Crippen molar-refractivity contribution in [2.75, 3.05) is 6.54 Å². The minimum Gasteiger partial charge on any atom is -0.506 e. The van der Waals surface area contributed by atoms with E-state index < -0.39 is 6.10 Å². The second kappa shape index (κ2) is 6.50. The van der Waals surface area contributed by atoms with E-state index in [-0.39, 0.29) is 5.75 Å². The van der Waals surface area contributed by atoms with Crippen LogP contribution in [0.3, 0.4) is 0 Å².